The first-order valence-electron chi connectivity index (χ1n) is 12.2. The van der Waals surface area contributed by atoms with E-state index in [4.69, 9.17) is 17.3 Å². The van der Waals surface area contributed by atoms with Gasteiger partial charge < -0.3 is 11.1 Å². The molecule has 2 aromatic carbocycles. The van der Waals surface area contributed by atoms with Crippen LogP contribution in [0.2, 0.25) is 5.02 Å². The van der Waals surface area contributed by atoms with Crippen molar-refractivity contribution in [1.29, 1.82) is 0 Å². The number of piperazine rings is 1. The topological polar surface area (TPSA) is 122 Å². The van der Waals surface area contributed by atoms with E-state index < -0.39 is 38.7 Å². The van der Waals surface area contributed by atoms with Crippen molar-refractivity contribution in [3.05, 3.63) is 58.9 Å². The number of hydrogen-bond donors (Lipinski definition) is 2. The molecule has 0 bridgehead atoms. The lowest BCUT2D eigenvalue weighted by atomic mass is 10.0. The van der Waals surface area contributed by atoms with Crippen LogP contribution in [-0.4, -0.2) is 65.7 Å². The second kappa shape index (κ2) is 11.2. The molecule has 1 aliphatic rings. The third kappa shape index (κ3) is 6.43. The van der Waals surface area contributed by atoms with Gasteiger partial charge >= 0.3 is 6.18 Å². The second-order valence-corrected chi connectivity index (χ2v) is 11.9. The van der Waals surface area contributed by atoms with E-state index in [0.717, 1.165) is 11.5 Å². The van der Waals surface area contributed by atoms with Gasteiger partial charge in [0.1, 0.15) is 22.6 Å². The molecule has 3 aromatic rings. The summed E-state index contributed by atoms with van der Waals surface area (Å²) in [6.45, 7) is 4.96. The molecular weight excluding hydrogens is 557 g/mol. The number of alkyl halides is 3. The maximum absolute atomic E-state index is 13.1. The van der Waals surface area contributed by atoms with E-state index >= 15 is 0 Å². The van der Waals surface area contributed by atoms with Crippen molar-refractivity contribution in [2.45, 2.75) is 37.5 Å². The summed E-state index contributed by atoms with van der Waals surface area (Å²) >= 11 is 5.94. The minimum absolute atomic E-state index is 0.0760. The number of para-hydroxylation sites is 1. The molecule has 0 radical (unpaired) electrons. The lowest BCUT2D eigenvalue weighted by Gasteiger charge is -2.33. The molecule has 1 saturated heterocycles. The van der Waals surface area contributed by atoms with Crippen molar-refractivity contribution in [1.82, 2.24) is 19.2 Å². The fraction of sp³-hybridized carbons (Fsp3) is 0.400. The highest BCUT2D eigenvalue weighted by Gasteiger charge is 2.34. The van der Waals surface area contributed by atoms with Gasteiger partial charge in [-0.1, -0.05) is 37.6 Å². The molecule has 14 heteroatoms. The quantitative estimate of drug-likeness (QED) is 0.414. The summed E-state index contributed by atoms with van der Waals surface area (Å²) in [7, 11) is -4.09. The Morgan fingerprint density at radius 1 is 1.10 bits per heavy atom. The van der Waals surface area contributed by atoms with Crippen LogP contribution in [0.4, 0.5) is 19.0 Å². The van der Waals surface area contributed by atoms with Gasteiger partial charge in [0.25, 0.3) is 0 Å². The number of fused-ring (bicyclic) bond motifs is 1. The zero-order chi connectivity index (χ0) is 28.5. The van der Waals surface area contributed by atoms with Crippen molar-refractivity contribution < 1.29 is 26.4 Å². The van der Waals surface area contributed by atoms with Gasteiger partial charge in [0.2, 0.25) is 15.9 Å². The van der Waals surface area contributed by atoms with Crippen molar-refractivity contribution in [3.63, 3.8) is 0 Å². The first-order chi connectivity index (χ1) is 18.3. The summed E-state index contributed by atoms with van der Waals surface area (Å²) in [5, 5.41) is 3.40. The van der Waals surface area contributed by atoms with Gasteiger partial charge in [-0.3, -0.25) is 9.69 Å². The Kier molecular flexibility index (Phi) is 8.36. The summed E-state index contributed by atoms with van der Waals surface area (Å²) in [5.74, 6) is 0.379. The smallest absolute Gasteiger partial charge is 0.368 e. The van der Waals surface area contributed by atoms with Gasteiger partial charge in [-0.15, -0.1) is 0 Å². The maximum Gasteiger partial charge on any atom is 0.416 e. The number of halogens is 4. The van der Waals surface area contributed by atoms with Gasteiger partial charge in [-0.05, 0) is 36.2 Å². The lowest BCUT2D eigenvalue weighted by Crippen LogP contribution is -2.48. The highest BCUT2D eigenvalue weighted by molar-refractivity contribution is 7.89. The number of primary amides is 1. The largest absolute Gasteiger partial charge is 0.416 e. The minimum Gasteiger partial charge on any atom is -0.368 e. The molecule has 3 N–H and O–H groups in total. The van der Waals surface area contributed by atoms with E-state index in [0.29, 0.717) is 48.9 Å². The van der Waals surface area contributed by atoms with Crippen LogP contribution >= 0.6 is 11.6 Å². The second-order valence-electron chi connectivity index (χ2n) is 9.60. The normalized spacial score (nSPS) is 16.5. The van der Waals surface area contributed by atoms with Gasteiger partial charge in [0, 0.05) is 31.6 Å². The summed E-state index contributed by atoms with van der Waals surface area (Å²) in [6, 6.07) is 8.94. The molecule has 1 atom stereocenters. The van der Waals surface area contributed by atoms with Gasteiger partial charge in [0.05, 0.1) is 22.6 Å². The number of hydrogen-bond acceptors (Lipinski definition) is 7. The number of carbonyl (C=O) groups excluding carboxylic acids is 1. The number of amides is 1. The molecule has 4 rings (SSSR count). The van der Waals surface area contributed by atoms with Crippen LogP contribution in [0.3, 0.4) is 0 Å². The van der Waals surface area contributed by atoms with Crippen LogP contribution in [0.5, 0.6) is 0 Å². The average molecular weight is 585 g/mol. The van der Waals surface area contributed by atoms with Crippen molar-refractivity contribution >= 4 is 44.3 Å². The Labute approximate surface area is 229 Å². The van der Waals surface area contributed by atoms with Crippen LogP contribution < -0.4 is 11.1 Å². The van der Waals surface area contributed by atoms with E-state index in [9.17, 15) is 26.4 Å². The molecule has 9 nitrogen and oxygen atoms in total. The molecular formula is C25H28ClF3N6O3S. The molecule has 1 amide bonds. The number of nitrogens with one attached hydrogen (secondary N) is 1. The third-order valence-corrected chi connectivity index (χ3v) is 8.87. The summed E-state index contributed by atoms with van der Waals surface area (Å²) in [6.07, 6.45) is -4.63. The summed E-state index contributed by atoms with van der Waals surface area (Å²) in [4.78, 5) is 22.9. The number of nitrogens with two attached hydrogens (primary N) is 1. The molecule has 39 heavy (non-hydrogen) atoms. The van der Waals surface area contributed by atoms with Crippen molar-refractivity contribution in [2.75, 3.05) is 31.5 Å². The Morgan fingerprint density at radius 3 is 2.36 bits per heavy atom. The maximum atomic E-state index is 13.1. The Balaban J connectivity index is 1.49. The molecule has 0 aliphatic carbocycles. The number of benzene rings is 2. The number of rotatable bonds is 8. The van der Waals surface area contributed by atoms with Crippen LogP contribution in [0.15, 0.2) is 47.4 Å². The van der Waals surface area contributed by atoms with Crippen LogP contribution in [0.25, 0.3) is 10.9 Å². The van der Waals surface area contributed by atoms with E-state index in [1.807, 2.05) is 43.0 Å². The number of aromatic nitrogens is 2. The average Bonchev–Trinajstić information content (AvgIpc) is 2.86. The van der Waals surface area contributed by atoms with Crippen molar-refractivity contribution in [3.8, 4) is 0 Å². The highest BCUT2D eigenvalue weighted by atomic mass is 35.5. The van der Waals surface area contributed by atoms with E-state index in [2.05, 4.69) is 15.3 Å². The first-order valence-corrected chi connectivity index (χ1v) is 14.0. The molecule has 2 heterocycles. The molecule has 0 spiro atoms. The number of carbonyl (C=O) groups is 1. The monoisotopic (exact) mass is 584 g/mol. The minimum atomic E-state index is -4.63. The number of nitrogens with zero attached hydrogens (tertiary/aromatic N) is 4. The summed E-state index contributed by atoms with van der Waals surface area (Å²) < 4.78 is 66.3. The third-order valence-electron chi connectivity index (χ3n) is 6.49. The fourth-order valence-corrected chi connectivity index (χ4v) is 6.31. The standard InChI is InChI=1S/C25H28ClF3N6O3S/c1-15(2)22(23(30)36)33-24-17-5-3-4-6-19(17)31-21(32-24)14-34-9-11-35(12-10-34)39(37,38)20-8-7-16(13-18(20)26)25(27,28)29/h3-8,13,15,22H,9-12,14H2,1-2H3,(H2,30,36)(H,31,32,33)/t22-/m0/s1. The number of anilines is 1. The fourth-order valence-electron chi connectivity index (χ4n) is 4.37. The van der Waals surface area contributed by atoms with Crippen molar-refractivity contribution in [2.24, 2.45) is 11.7 Å². The molecule has 1 aromatic heterocycles. The van der Waals surface area contributed by atoms with Gasteiger partial charge in [-0.25, -0.2) is 18.4 Å². The summed E-state index contributed by atoms with van der Waals surface area (Å²) in [5.41, 5.74) is 5.24. The predicted octanol–water partition coefficient (Wildman–Crippen LogP) is 3.73. The van der Waals surface area contributed by atoms with Gasteiger partial charge in [-0.2, -0.15) is 17.5 Å². The Bertz CT molecular complexity index is 1480. The molecule has 0 unspecified atom stereocenters. The van der Waals surface area contributed by atoms with E-state index in [1.165, 1.54) is 4.31 Å². The zero-order valence-corrected chi connectivity index (χ0v) is 22.8. The van der Waals surface area contributed by atoms with Crippen LogP contribution in [-0.2, 0) is 27.5 Å². The van der Waals surface area contributed by atoms with E-state index in [1.54, 1.807) is 0 Å². The van der Waals surface area contributed by atoms with Gasteiger partial charge in [0.15, 0.2) is 0 Å². The zero-order valence-electron chi connectivity index (χ0n) is 21.2. The molecule has 0 saturated carbocycles. The Hall–Kier alpha value is -3.00. The van der Waals surface area contributed by atoms with Crippen LogP contribution in [0.1, 0.15) is 25.2 Å². The molecule has 1 fully saturated rings. The Morgan fingerprint density at radius 2 is 1.77 bits per heavy atom. The SMILES string of the molecule is CC(C)[C@H](Nc1nc(CN2CCN(S(=O)(=O)c3ccc(C(F)(F)F)cc3Cl)CC2)nc2ccccc12)C(N)=O. The van der Waals surface area contributed by atoms with Crippen LogP contribution in [0, 0.1) is 5.92 Å². The molecule has 210 valence electrons. The predicted molar refractivity (Wildman–Crippen MR) is 141 cm³/mol. The lowest BCUT2D eigenvalue weighted by molar-refractivity contribution is -0.137. The highest BCUT2D eigenvalue weighted by Crippen LogP contribution is 2.34. The number of sulfonamides is 1. The van der Waals surface area contributed by atoms with E-state index in [-0.39, 0.29) is 23.9 Å². The first kappa shape index (κ1) is 29.0. The molecule has 1 aliphatic heterocycles.